The van der Waals surface area contributed by atoms with Crippen LogP contribution in [0.15, 0.2) is 11.0 Å². The number of nitrogen functional groups attached to an aromatic ring is 1. The SMILES string of the molecule is CC(C)OC(=O)OCOP(=O)(OCOC(=O)OC(C)C)OC[C@]1(CCl)CC[C@H](n2cc(F)c(N)nc2=O)O1. The molecule has 0 unspecified atom stereocenters. The fourth-order valence-electron chi connectivity index (χ4n) is 2.94. The van der Waals surface area contributed by atoms with Crippen molar-refractivity contribution < 1.29 is 55.8 Å². The monoisotopic (exact) mass is 589 g/mol. The van der Waals surface area contributed by atoms with E-state index in [4.69, 9.17) is 45.1 Å². The van der Waals surface area contributed by atoms with Gasteiger partial charge in [-0.2, -0.15) is 4.98 Å². The number of ether oxygens (including phenoxy) is 5. The highest BCUT2D eigenvalue weighted by Gasteiger charge is 2.44. The molecule has 1 aromatic rings. The molecule has 1 saturated heterocycles. The van der Waals surface area contributed by atoms with Crippen LogP contribution in [0.2, 0.25) is 0 Å². The van der Waals surface area contributed by atoms with E-state index < -0.39 is 81.7 Å². The van der Waals surface area contributed by atoms with Crippen LogP contribution in [0.1, 0.15) is 46.8 Å². The second-order valence-electron chi connectivity index (χ2n) is 8.43. The molecule has 0 radical (unpaired) electrons. The van der Waals surface area contributed by atoms with Gasteiger partial charge in [-0.3, -0.25) is 9.09 Å². The van der Waals surface area contributed by atoms with Crippen molar-refractivity contribution in [1.82, 2.24) is 9.55 Å². The van der Waals surface area contributed by atoms with Crippen molar-refractivity contribution in [2.24, 2.45) is 0 Å². The number of nitrogens with zero attached hydrogens (tertiary/aromatic N) is 2. The Morgan fingerprint density at radius 2 is 1.74 bits per heavy atom. The molecule has 0 amide bonds. The maximum Gasteiger partial charge on any atom is 0.510 e. The summed E-state index contributed by atoms with van der Waals surface area (Å²) in [6.45, 7) is 3.97. The van der Waals surface area contributed by atoms with Gasteiger partial charge in [-0.15, -0.1) is 11.6 Å². The van der Waals surface area contributed by atoms with Gasteiger partial charge < -0.3 is 29.4 Å². The summed E-state index contributed by atoms with van der Waals surface area (Å²) in [4.78, 5) is 38.7. The number of hydrogen-bond acceptors (Lipinski definition) is 14. The van der Waals surface area contributed by atoms with E-state index >= 15 is 0 Å². The number of nitrogens with two attached hydrogens (primary N) is 1. The molecule has 0 aliphatic carbocycles. The smallest absolute Gasteiger partial charge is 0.432 e. The first-order valence-corrected chi connectivity index (χ1v) is 13.3. The highest BCUT2D eigenvalue weighted by atomic mass is 35.5. The van der Waals surface area contributed by atoms with Gasteiger partial charge in [0.15, 0.2) is 11.6 Å². The van der Waals surface area contributed by atoms with Crippen LogP contribution in [0, 0.1) is 5.82 Å². The Morgan fingerprint density at radius 3 is 2.24 bits per heavy atom. The van der Waals surface area contributed by atoms with Gasteiger partial charge in [0.05, 0.1) is 30.9 Å². The number of aromatic nitrogens is 2. The molecule has 1 fully saturated rings. The minimum absolute atomic E-state index is 0.175. The number of anilines is 1. The number of halogens is 2. The largest absolute Gasteiger partial charge is 0.510 e. The fraction of sp³-hybridized carbons (Fsp3) is 0.700. The lowest BCUT2D eigenvalue weighted by atomic mass is 10.0. The van der Waals surface area contributed by atoms with Gasteiger partial charge in [-0.25, -0.2) is 32.4 Å². The topological polar surface area (TPSA) is 186 Å². The van der Waals surface area contributed by atoms with Gasteiger partial charge in [-0.1, -0.05) is 0 Å². The lowest BCUT2D eigenvalue weighted by molar-refractivity contribution is -0.0947. The Bertz CT molecular complexity index is 1040. The number of rotatable bonds is 13. The van der Waals surface area contributed by atoms with Crippen molar-refractivity contribution in [3.63, 3.8) is 0 Å². The molecule has 2 N–H and O–H groups in total. The van der Waals surface area contributed by atoms with Crippen LogP contribution in [-0.2, 0) is 41.8 Å². The number of phosphoric ester groups is 1. The van der Waals surface area contributed by atoms with Crippen LogP contribution >= 0.6 is 19.4 Å². The third-order valence-electron chi connectivity index (χ3n) is 4.65. The molecule has 1 aromatic heterocycles. The molecule has 18 heteroatoms. The molecule has 15 nitrogen and oxygen atoms in total. The van der Waals surface area contributed by atoms with E-state index in [9.17, 15) is 23.3 Å². The predicted molar refractivity (Wildman–Crippen MR) is 127 cm³/mol. The predicted octanol–water partition coefficient (Wildman–Crippen LogP) is 3.45. The summed E-state index contributed by atoms with van der Waals surface area (Å²) in [5, 5.41) is 0. The van der Waals surface area contributed by atoms with Gasteiger partial charge in [0, 0.05) is 0 Å². The number of phosphoric acid groups is 1. The van der Waals surface area contributed by atoms with Crippen LogP contribution in [0.25, 0.3) is 0 Å². The van der Waals surface area contributed by atoms with Gasteiger partial charge in [-0.05, 0) is 40.5 Å². The number of carbonyl (C=O) groups is 2. The summed E-state index contributed by atoms with van der Waals surface area (Å²) < 4.78 is 67.9. The van der Waals surface area contributed by atoms with Gasteiger partial charge in [0.1, 0.15) is 11.8 Å². The van der Waals surface area contributed by atoms with Gasteiger partial charge >= 0.3 is 25.8 Å². The zero-order valence-corrected chi connectivity index (χ0v) is 22.8. The molecule has 2 heterocycles. The summed E-state index contributed by atoms with van der Waals surface area (Å²) in [6.07, 6.45) is -2.99. The van der Waals surface area contributed by atoms with E-state index in [1.807, 2.05) is 0 Å². The Kier molecular flexibility index (Phi) is 11.7. The van der Waals surface area contributed by atoms with E-state index in [0.29, 0.717) is 0 Å². The second kappa shape index (κ2) is 14.1. The van der Waals surface area contributed by atoms with Crippen molar-refractivity contribution >= 4 is 37.6 Å². The second-order valence-corrected chi connectivity index (χ2v) is 10.4. The third-order valence-corrected chi connectivity index (χ3v) is 6.42. The Hall–Kier alpha value is -2.49. The summed E-state index contributed by atoms with van der Waals surface area (Å²) in [6, 6.07) is 0. The molecule has 0 bridgehead atoms. The normalized spacial score (nSPS) is 19.5. The first kappa shape index (κ1) is 31.7. The first-order valence-electron chi connectivity index (χ1n) is 11.3. The lowest BCUT2D eigenvalue weighted by Gasteiger charge is -2.28. The molecule has 2 rings (SSSR count). The van der Waals surface area contributed by atoms with Crippen molar-refractivity contribution in [2.75, 3.05) is 31.8 Å². The van der Waals surface area contributed by atoms with Crippen molar-refractivity contribution in [3.05, 3.63) is 22.5 Å². The quantitative estimate of drug-likeness (QED) is 0.152. The average Bonchev–Trinajstić information content (AvgIpc) is 3.24. The van der Waals surface area contributed by atoms with Crippen LogP contribution in [0.3, 0.4) is 0 Å². The van der Waals surface area contributed by atoms with Crippen LogP contribution in [0.5, 0.6) is 0 Å². The van der Waals surface area contributed by atoms with Crippen molar-refractivity contribution in [2.45, 2.75) is 64.6 Å². The maximum absolute atomic E-state index is 13.9. The highest BCUT2D eigenvalue weighted by Crippen LogP contribution is 2.51. The zero-order valence-electron chi connectivity index (χ0n) is 21.1. The van der Waals surface area contributed by atoms with E-state index in [1.165, 1.54) is 0 Å². The molecule has 38 heavy (non-hydrogen) atoms. The zero-order chi connectivity index (χ0) is 28.5. The molecule has 1 aliphatic rings. The molecular formula is C20H30ClFN3O12P. The molecule has 0 saturated carbocycles. The molecule has 2 atom stereocenters. The summed E-state index contributed by atoms with van der Waals surface area (Å²) >= 11 is 6.09. The van der Waals surface area contributed by atoms with Crippen LogP contribution in [-0.4, -0.2) is 65.7 Å². The summed E-state index contributed by atoms with van der Waals surface area (Å²) in [5.74, 6) is -1.70. The minimum Gasteiger partial charge on any atom is -0.432 e. The van der Waals surface area contributed by atoms with E-state index in [1.54, 1.807) is 27.7 Å². The lowest BCUT2D eigenvalue weighted by Crippen LogP contribution is -2.38. The van der Waals surface area contributed by atoms with E-state index in [0.717, 1.165) is 10.8 Å². The Balaban J connectivity index is 2.07. The fourth-order valence-corrected chi connectivity index (χ4v) is 4.19. The number of carbonyl (C=O) groups excluding carboxylic acids is 2. The Morgan fingerprint density at radius 1 is 1.18 bits per heavy atom. The number of hydrogen-bond donors (Lipinski definition) is 1. The van der Waals surface area contributed by atoms with Gasteiger partial charge in [0.25, 0.3) is 0 Å². The standard InChI is InChI=1S/C20H30ClFN3O12P/c1-12(2)35-18(27)30-10-33-38(29,34-11-31-19(28)36-13(3)4)32-9-20(8-21)6-5-15(37-20)25-7-14(22)16(23)24-17(25)26/h7,12-13,15H,5-6,8-11H2,1-4H3,(H2,23,24,26)/t15-,20-/m1/s1. The summed E-state index contributed by atoms with van der Waals surface area (Å²) in [7, 11) is -4.59. The first-order chi connectivity index (χ1) is 17.8. The molecule has 1 aliphatic heterocycles. The van der Waals surface area contributed by atoms with E-state index in [2.05, 4.69) is 14.5 Å². The van der Waals surface area contributed by atoms with Crippen LogP contribution < -0.4 is 11.4 Å². The van der Waals surface area contributed by atoms with Crippen molar-refractivity contribution in [1.29, 1.82) is 0 Å². The highest BCUT2D eigenvalue weighted by molar-refractivity contribution is 7.48. The minimum atomic E-state index is -4.59. The summed E-state index contributed by atoms with van der Waals surface area (Å²) in [5.41, 5.74) is 3.12. The third kappa shape index (κ3) is 9.67. The van der Waals surface area contributed by atoms with E-state index in [-0.39, 0.29) is 18.7 Å². The molecular weight excluding hydrogens is 560 g/mol. The average molecular weight is 590 g/mol. The number of alkyl halides is 1. The Labute approximate surface area is 222 Å². The van der Waals surface area contributed by atoms with Crippen molar-refractivity contribution in [3.8, 4) is 0 Å². The maximum atomic E-state index is 13.9. The van der Waals surface area contributed by atoms with Gasteiger partial charge in [0.2, 0.25) is 13.6 Å². The molecule has 0 aromatic carbocycles. The molecule has 0 spiro atoms. The molecule has 216 valence electrons. The van der Waals surface area contributed by atoms with Crippen LogP contribution in [0.4, 0.5) is 19.8 Å².